The zero-order valence-corrected chi connectivity index (χ0v) is 13.3. The highest BCUT2D eigenvalue weighted by molar-refractivity contribution is 7.92. The molecule has 0 aromatic heterocycles. The molecule has 7 heteroatoms. The number of nitrogens with two attached hydrogens (primary N) is 1. The number of hydrogen-bond donors (Lipinski definition) is 2. The minimum absolute atomic E-state index is 0. The molecule has 0 aromatic rings. The molecule has 1 atom stereocenters. The second-order valence-corrected chi connectivity index (χ2v) is 8.23. The Labute approximate surface area is 127 Å². The smallest absolute Gasteiger partial charge is 0.221 e. The first-order chi connectivity index (χ1) is 8.99. The average Bonchev–Trinajstić information content (AvgIpc) is 3.07. The predicted molar refractivity (Wildman–Crippen MR) is 81.6 cm³/mol. The molecule has 0 saturated heterocycles. The summed E-state index contributed by atoms with van der Waals surface area (Å²) in [5.74, 6) is 0.322. The van der Waals surface area contributed by atoms with E-state index in [9.17, 15) is 13.2 Å². The van der Waals surface area contributed by atoms with Crippen molar-refractivity contribution in [3.05, 3.63) is 0 Å². The number of nitrogens with one attached hydrogen (secondary N) is 1. The second-order valence-electron chi connectivity index (χ2n) is 5.83. The molecule has 2 rings (SSSR count). The van der Waals surface area contributed by atoms with Crippen LogP contribution in [0.1, 0.15) is 44.9 Å². The van der Waals surface area contributed by atoms with Crippen molar-refractivity contribution >= 4 is 28.2 Å². The minimum atomic E-state index is -3.09. The van der Waals surface area contributed by atoms with Crippen molar-refractivity contribution < 1.29 is 13.2 Å². The fourth-order valence-electron chi connectivity index (χ4n) is 2.66. The number of hydrogen-bond acceptors (Lipinski definition) is 4. The van der Waals surface area contributed by atoms with Gasteiger partial charge in [0.25, 0.3) is 0 Å². The van der Waals surface area contributed by atoms with Crippen LogP contribution in [-0.4, -0.2) is 37.9 Å². The van der Waals surface area contributed by atoms with Gasteiger partial charge in [-0.3, -0.25) is 4.79 Å². The highest BCUT2D eigenvalue weighted by Crippen LogP contribution is 2.31. The first-order valence-electron chi connectivity index (χ1n) is 7.23. The molecule has 0 bridgehead atoms. The van der Waals surface area contributed by atoms with E-state index in [0.717, 1.165) is 38.5 Å². The fourth-order valence-corrected chi connectivity index (χ4v) is 4.52. The van der Waals surface area contributed by atoms with Crippen molar-refractivity contribution in [2.75, 3.05) is 12.3 Å². The molecule has 2 fully saturated rings. The van der Waals surface area contributed by atoms with E-state index in [1.165, 1.54) is 0 Å². The van der Waals surface area contributed by atoms with Crippen LogP contribution in [0.25, 0.3) is 0 Å². The number of amides is 1. The van der Waals surface area contributed by atoms with E-state index >= 15 is 0 Å². The Kier molecular flexibility index (Phi) is 6.75. The Morgan fingerprint density at radius 1 is 1.20 bits per heavy atom. The van der Waals surface area contributed by atoms with E-state index in [4.69, 9.17) is 5.73 Å². The fraction of sp³-hybridized carbons (Fsp3) is 0.923. The molecule has 0 aromatic carbocycles. The molecule has 1 unspecified atom stereocenters. The molecular weight excluding hydrogens is 300 g/mol. The monoisotopic (exact) mass is 324 g/mol. The highest BCUT2D eigenvalue weighted by atomic mass is 35.5. The highest BCUT2D eigenvalue weighted by Gasteiger charge is 2.30. The van der Waals surface area contributed by atoms with Crippen molar-refractivity contribution in [2.24, 2.45) is 11.7 Å². The molecule has 2 aliphatic rings. The van der Waals surface area contributed by atoms with Crippen molar-refractivity contribution in [1.82, 2.24) is 5.32 Å². The lowest BCUT2D eigenvalue weighted by Crippen LogP contribution is -2.39. The second kappa shape index (κ2) is 7.61. The minimum Gasteiger partial charge on any atom is -0.355 e. The molecule has 3 N–H and O–H groups in total. The maximum atomic E-state index is 12.0. The molecule has 0 heterocycles. The average molecular weight is 325 g/mol. The summed E-state index contributed by atoms with van der Waals surface area (Å²) in [5.41, 5.74) is 5.88. The molecule has 0 spiro atoms. The van der Waals surface area contributed by atoms with Gasteiger partial charge in [0.05, 0.1) is 11.0 Å². The summed E-state index contributed by atoms with van der Waals surface area (Å²) in [6, 6.07) is 0.0235. The lowest BCUT2D eigenvalue weighted by atomic mass is 10.2. The van der Waals surface area contributed by atoms with Gasteiger partial charge >= 0.3 is 0 Å². The van der Waals surface area contributed by atoms with Crippen molar-refractivity contribution in [2.45, 2.75) is 56.2 Å². The zero-order valence-electron chi connectivity index (χ0n) is 11.7. The Hall–Kier alpha value is -0.330. The van der Waals surface area contributed by atoms with Gasteiger partial charge in [-0.25, -0.2) is 8.42 Å². The van der Waals surface area contributed by atoms with E-state index < -0.39 is 9.84 Å². The van der Waals surface area contributed by atoms with E-state index in [0.29, 0.717) is 12.5 Å². The van der Waals surface area contributed by atoms with Gasteiger partial charge in [0.1, 0.15) is 0 Å². The van der Waals surface area contributed by atoms with E-state index in [2.05, 4.69) is 5.32 Å². The Bertz CT molecular complexity index is 417. The Morgan fingerprint density at radius 2 is 1.80 bits per heavy atom. The zero-order chi connectivity index (χ0) is 13.9. The number of sulfone groups is 1. The molecule has 20 heavy (non-hydrogen) atoms. The van der Waals surface area contributed by atoms with Gasteiger partial charge in [0.15, 0.2) is 9.84 Å². The van der Waals surface area contributed by atoms with Gasteiger partial charge in [-0.2, -0.15) is 0 Å². The summed E-state index contributed by atoms with van der Waals surface area (Å²) in [7, 11) is -3.09. The van der Waals surface area contributed by atoms with Gasteiger partial charge in [-0.15, -0.1) is 12.4 Å². The molecule has 0 aliphatic heterocycles. The molecule has 118 valence electrons. The third-order valence-corrected chi connectivity index (χ3v) is 6.45. The van der Waals surface area contributed by atoms with Crippen molar-refractivity contribution in [3.63, 3.8) is 0 Å². The normalized spacial score (nSPS) is 21.2. The third kappa shape index (κ3) is 5.22. The first-order valence-corrected chi connectivity index (χ1v) is 8.94. The van der Waals surface area contributed by atoms with Crippen LogP contribution < -0.4 is 11.1 Å². The maximum absolute atomic E-state index is 12.0. The van der Waals surface area contributed by atoms with Gasteiger partial charge < -0.3 is 11.1 Å². The van der Waals surface area contributed by atoms with Crippen LogP contribution in [0.2, 0.25) is 0 Å². The van der Waals surface area contributed by atoms with Crippen LogP contribution in [0, 0.1) is 5.92 Å². The van der Waals surface area contributed by atoms with Gasteiger partial charge in [0, 0.05) is 19.0 Å². The largest absolute Gasteiger partial charge is 0.355 e. The summed E-state index contributed by atoms with van der Waals surface area (Å²) in [6.45, 7) is 0.465. The predicted octanol–water partition coefficient (Wildman–Crippen LogP) is 1.01. The summed E-state index contributed by atoms with van der Waals surface area (Å²) >= 11 is 0. The Morgan fingerprint density at radius 3 is 2.35 bits per heavy atom. The lowest BCUT2D eigenvalue weighted by molar-refractivity contribution is -0.120. The molecular formula is C13H25ClN2O3S. The molecule has 2 aliphatic carbocycles. The lowest BCUT2D eigenvalue weighted by Gasteiger charge is -2.13. The van der Waals surface area contributed by atoms with E-state index in [1.54, 1.807) is 0 Å². The molecule has 5 nitrogen and oxygen atoms in total. The first kappa shape index (κ1) is 17.7. The van der Waals surface area contributed by atoms with Crippen LogP contribution in [-0.2, 0) is 14.6 Å². The number of rotatable bonds is 7. The third-order valence-electron chi connectivity index (χ3n) is 4.19. The quantitative estimate of drug-likeness (QED) is 0.731. The van der Waals surface area contributed by atoms with Crippen LogP contribution >= 0.6 is 12.4 Å². The van der Waals surface area contributed by atoms with Crippen LogP contribution in [0.15, 0.2) is 0 Å². The number of carbonyl (C=O) groups is 1. The van der Waals surface area contributed by atoms with Crippen LogP contribution in [0.4, 0.5) is 0 Å². The summed E-state index contributed by atoms with van der Waals surface area (Å²) in [6.07, 6.45) is 5.86. The van der Waals surface area contributed by atoms with Gasteiger partial charge in [-0.1, -0.05) is 12.8 Å². The SMILES string of the molecule is Cl.NC(CNC(=O)CCS(=O)(=O)C1CCCC1)C1CC1. The van der Waals surface area contributed by atoms with E-state index in [-0.39, 0.29) is 41.8 Å². The number of carbonyl (C=O) groups excluding carboxylic acids is 1. The van der Waals surface area contributed by atoms with Crippen molar-refractivity contribution in [3.8, 4) is 0 Å². The van der Waals surface area contributed by atoms with Crippen molar-refractivity contribution in [1.29, 1.82) is 0 Å². The summed E-state index contributed by atoms with van der Waals surface area (Å²) in [4.78, 5) is 11.6. The topological polar surface area (TPSA) is 89.3 Å². The number of halogens is 1. The summed E-state index contributed by atoms with van der Waals surface area (Å²) in [5, 5.41) is 2.52. The molecule has 0 radical (unpaired) electrons. The van der Waals surface area contributed by atoms with Gasteiger partial charge in [0.2, 0.25) is 5.91 Å². The van der Waals surface area contributed by atoms with E-state index in [1.807, 2.05) is 0 Å². The molecule has 2 saturated carbocycles. The Balaban J connectivity index is 0.00000200. The standard InChI is InChI=1S/C13H24N2O3S.ClH/c14-12(10-5-6-10)9-15-13(16)7-8-19(17,18)11-3-1-2-4-11;/h10-12H,1-9,14H2,(H,15,16);1H. The molecule has 1 amide bonds. The summed E-state index contributed by atoms with van der Waals surface area (Å²) < 4.78 is 24.0. The van der Waals surface area contributed by atoms with Gasteiger partial charge in [-0.05, 0) is 31.6 Å². The van der Waals surface area contributed by atoms with Crippen LogP contribution in [0.3, 0.4) is 0 Å². The maximum Gasteiger partial charge on any atom is 0.221 e. The van der Waals surface area contributed by atoms with Crippen LogP contribution in [0.5, 0.6) is 0 Å².